The lowest BCUT2D eigenvalue weighted by molar-refractivity contribution is -0.390. The Morgan fingerprint density at radius 3 is 2.11 bits per heavy atom. The molecule has 0 aliphatic heterocycles. The number of amides is 1. The van der Waals surface area contributed by atoms with Gasteiger partial charge in [0.2, 0.25) is 5.91 Å². The number of carbonyl (C=O) groups excluding carboxylic acids is 1. The van der Waals surface area contributed by atoms with Crippen molar-refractivity contribution in [2.45, 2.75) is 70.4 Å². The van der Waals surface area contributed by atoms with Crippen LogP contribution < -0.4 is 20.5 Å². The highest BCUT2D eigenvalue weighted by Gasteiger charge is 2.76. The van der Waals surface area contributed by atoms with E-state index in [9.17, 15) is 31.1 Å². The molecule has 0 bridgehead atoms. The molecule has 1 amide bonds. The third-order valence-electron chi connectivity index (χ3n) is 5.37. The van der Waals surface area contributed by atoms with Crippen molar-refractivity contribution in [3.63, 3.8) is 0 Å². The predicted octanol–water partition coefficient (Wildman–Crippen LogP) is 4.83. The largest absolute Gasteiger partial charge is 0.490 e. The standard InChI is InChI=1S/C22H29F6N3O4/c1-3-33-16-11-10-14(12-17(16)34-4-2)13-18(29)31-35-20(21(23,24)25,22(26,27)28)30-19(32)15-8-6-5-7-9-15/h10-12,15H,3-9,13H2,1-2H3,(H2,29,31)(H,30,32). The third-order valence-corrected chi connectivity index (χ3v) is 5.37. The molecule has 1 aliphatic carbocycles. The number of amidine groups is 1. The number of ether oxygens (including phenoxy) is 2. The van der Waals surface area contributed by atoms with Crippen LogP contribution in [0.15, 0.2) is 23.4 Å². The number of hydrogen-bond acceptors (Lipinski definition) is 5. The summed E-state index contributed by atoms with van der Waals surface area (Å²) in [6.45, 7) is 4.12. The molecular weight excluding hydrogens is 484 g/mol. The molecule has 1 fully saturated rings. The normalized spacial score (nSPS) is 16.1. The van der Waals surface area contributed by atoms with E-state index in [1.165, 1.54) is 18.2 Å². The van der Waals surface area contributed by atoms with Crippen LogP contribution in [0.2, 0.25) is 0 Å². The van der Waals surface area contributed by atoms with E-state index in [0.29, 0.717) is 36.5 Å². The molecule has 35 heavy (non-hydrogen) atoms. The lowest BCUT2D eigenvalue weighted by Gasteiger charge is -2.36. The van der Waals surface area contributed by atoms with Crippen molar-refractivity contribution in [3.8, 4) is 11.5 Å². The maximum atomic E-state index is 13.7. The molecule has 1 aliphatic rings. The van der Waals surface area contributed by atoms with Crippen molar-refractivity contribution in [2.24, 2.45) is 16.8 Å². The van der Waals surface area contributed by atoms with Crippen LogP contribution >= 0.6 is 0 Å². The van der Waals surface area contributed by atoms with E-state index >= 15 is 0 Å². The van der Waals surface area contributed by atoms with Gasteiger partial charge in [0.25, 0.3) is 0 Å². The highest BCUT2D eigenvalue weighted by atomic mass is 19.4. The van der Waals surface area contributed by atoms with Crippen molar-refractivity contribution in [3.05, 3.63) is 23.8 Å². The highest BCUT2D eigenvalue weighted by Crippen LogP contribution is 2.44. The second-order valence-electron chi connectivity index (χ2n) is 8.00. The van der Waals surface area contributed by atoms with Gasteiger partial charge in [-0.15, -0.1) is 0 Å². The van der Waals surface area contributed by atoms with Crippen LogP contribution in [0, 0.1) is 5.92 Å². The maximum Gasteiger partial charge on any atom is 0.461 e. The minimum Gasteiger partial charge on any atom is -0.490 e. The third kappa shape index (κ3) is 7.07. The summed E-state index contributed by atoms with van der Waals surface area (Å²) < 4.78 is 93.2. The number of oxime groups is 1. The first-order valence-electron chi connectivity index (χ1n) is 11.2. The van der Waals surface area contributed by atoms with E-state index in [1.54, 1.807) is 13.8 Å². The van der Waals surface area contributed by atoms with E-state index in [-0.39, 0.29) is 25.9 Å². The maximum absolute atomic E-state index is 13.7. The van der Waals surface area contributed by atoms with E-state index in [0.717, 1.165) is 11.7 Å². The first-order valence-corrected chi connectivity index (χ1v) is 11.2. The average Bonchev–Trinajstić information content (AvgIpc) is 2.77. The topological polar surface area (TPSA) is 95.2 Å². The fourth-order valence-electron chi connectivity index (χ4n) is 3.64. The molecule has 0 heterocycles. The molecule has 1 aromatic carbocycles. The number of carbonyl (C=O) groups is 1. The molecule has 7 nitrogen and oxygen atoms in total. The molecule has 198 valence electrons. The summed E-state index contributed by atoms with van der Waals surface area (Å²) in [4.78, 5) is 16.3. The zero-order valence-corrected chi connectivity index (χ0v) is 19.4. The van der Waals surface area contributed by atoms with E-state index in [2.05, 4.69) is 9.99 Å². The fraction of sp³-hybridized carbons (Fsp3) is 0.636. The number of rotatable bonds is 10. The minimum atomic E-state index is -6.07. The van der Waals surface area contributed by atoms with Gasteiger partial charge >= 0.3 is 18.1 Å². The number of benzene rings is 1. The summed E-state index contributed by atoms with van der Waals surface area (Å²) in [5, 5.41) is 3.96. The monoisotopic (exact) mass is 513 g/mol. The number of nitrogens with two attached hydrogens (primary N) is 1. The van der Waals surface area contributed by atoms with E-state index in [1.807, 2.05) is 0 Å². The number of hydrogen-bond donors (Lipinski definition) is 2. The molecule has 1 aromatic rings. The Balaban J connectivity index is 2.29. The first kappa shape index (κ1) is 28.4. The van der Waals surface area contributed by atoms with Crippen molar-refractivity contribution in [1.29, 1.82) is 0 Å². The Kier molecular flexibility index (Phi) is 9.50. The first-order chi connectivity index (χ1) is 16.3. The molecule has 0 unspecified atom stereocenters. The summed E-state index contributed by atoms with van der Waals surface area (Å²) in [5.41, 5.74) is 0.925. The Bertz CT molecular complexity index is 869. The zero-order valence-electron chi connectivity index (χ0n) is 19.4. The van der Waals surface area contributed by atoms with Gasteiger partial charge in [0.15, 0.2) is 11.5 Å². The highest BCUT2D eigenvalue weighted by molar-refractivity contribution is 5.82. The van der Waals surface area contributed by atoms with Crippen molar-refractivity contribution < 1.29 is 45.4 Å². The van der Waals surface area contributed by atoms with Gasteiger partial charge in [0, 0.05) is 12.3 Å². The van der Waals surface area contributed by atoms with Gasteiger partial charge in [-0.1, -0.05) is 30.5 Å². The van der Waals surface area contributed by atoms with Crippen LogP contribution in [0.1, 0.15) is 51.5 Å². The summed E-state index contributed by atoms with van der Waals surface area (Å²) in [6, 6.07) is 4.50. The number of nitrogens with one attached hydrogen (secondary N) is 1. The summed E-state index contributed by atoms with van der Waals surface area (Å²) >= 11 is 0. The number of alkyl halides is 6. The Hall–Kier alpha value is -2.86. The summed E-state index contributed by atoms with van der Waals surface area (Å²) in [6.07, 6.45) is -10.3. The van der Waals surface area contributed by atoms with Gasteiger partial charge in [0.05, 0.1) is 13.2 Å². The second-order valence-corrected chi connectivity index (χ2v) is 8.00. The molecule has 0 atom stereocenters. The second kappa shape index (κ2) is 11.7. The van der Waals surface area contributed by atoms with E-state index in [4.69, 9.17) is 15.2 Å². The molecular formula is C22H29F6N3O4. The lowest BCUT2D eigenvalue weighted by Crippen LogP contribution is -2.69. The van der Waals surface area contributed by atoms with E-state index < -0.39 is 35.7 Å². The molecule has 0 saturated heterocycles. The molecule has 3 N–H and O–H groups in total. The smallest absolute Gasteiger partial charge is 0.461 e. The van der Waals surface area contributed by atoms with Gasteiger partial charge in [-0.3, -0.25) is 4.79 Å². The molecule has 0 spiro atoms. The SMILES string of the molecule is CCOc1ccc(CC(N)=NOC(NC(=O)C2CCCCC2)(C(F)(F)F)C(F)(F)F)cc1OCC. The van der Waals surface area contributed by atoms with Gasteiger partial charge in [-0.25, -0.2) is 0 Å². The van der Waals surface area contributed by atoms with Crippen LogP contribution in [0.4, 0.5) is 26.3 Å². The van der Waals surface area contributed by atoms with Crippen molar-refractivity contribution in [2.75, 3.05) is 13.2 Å². The lowest BCUT2D eigenvalue weighted by atomic mass is 9.88. The van der Waals surface area contributed by atoms with Crippen molar-refractivity contribution >= 4 is 11.7 Å². The van der Waals surface area contributed by atoms with Crippen LogP contribution in [-0.4, -0.2) is 43.0 Å². The van der Waals surface area contributed by atoms with Gasteiger partial charge in [-0.2, -0.15) is 26.3 Å². The Labute approximate surface area is 198 Å². The van der Waals surface area contributed by atoms with Crippen LogP contribution in [0.5, 0.6) is 11.5 Å². The van der Waals surface area contributed by atoms with Gasteiger partial charge in [0.1, 0.15) is 5.84 Å². The van der Waals surface area contributed by atoms with Crippen molar-refractivity contribution in [1.82, 2.24) is 5.32 Å². The number of nitrogens with zero attached hydrogens (tertiary/aromatic N) is 1. The quantitative estimate of drug-likeness (QED) is 0.154. The van der Waals surface area contributed by atoms with Crippen LogP contribution in [-0.2, 0) is 16.1 Å². The summed E-state index contributed by atoms with van der Waals surface area (Å²) in [7, 11) is 0. The molecule has 1 saturated carbocycles. The molecule has 13 heteroatoms. The Morgan fingerprint density at radius 2 is 1.57 bits per heavy atom. The fourth-order valence-corrected chi connectivity index (χ4v) is 3.64. The van der Waals surface area contributed by atoms with Crippen LogP contribution in [0.3, 0.4) is 0 Å². The zero-order chi connectivity index (χ0) is 26.3. The molecule has 0 aromatic heterocycles. The van der Waals surface area contributed by atoms with Gasteiger partial charge in [-0.05, 0) is 44.4 Å². The average molecular weight is 513 g/mol. The molecule has 2 rings (SSSR count). The minimum absolute atomic E-state index is 0.183. The van der Waals surface area contributed by atoms with Gasteiger partial charge < -0.3 is 25.4 Å². The van der Waals surface area contributed by atoms with Crippen LogP contribution in [0.25, 0.3) is 0 Å². The Morgan fingerprint density at radius 1 is 1.00 bits per heavy atom. The predicted molar refractivity (Wildman–Crippen MR) is 115 cm³/mol. The number of halogens is 6. The molecule has 0 radical (unpaired) electrons. The summed E-state index contributed by atoms with van der Waals surface area (Å²) in [5.74, 6) is -2.34.